The molecule has 0 bridgehead atoms. The number of benzene rings is 8. The van der Waals surface area contributed by atoms with Crippen LogP contribution in [0.2, 0.25) is 0 Å². The molecule has 4 nitrogen and oxygen atoms in total. The number of hydrogen-bond acceptors (Lipinski definition) is 5. The summed E-state index contributed by atoms with van der Waals surface area (Å²) in [5.41, 5.74) is 11.2. The third kappa shape index (κ3) is 5.48. The van der Waals surface area contributed by atoms with Gasteiger partial charge in [-0.3, -0.25) is 0 Å². The van der Waals surface area contributed by atoms with E-state index in [1.165, 1.54) is 15.5 Å². The van der Waals surface area contributed by atoms with Gasteiger partial charge in [-0.05, 0) is 58.1 Å². The largest absolute Gasteiger partial charge is 0.455 e. The van der Waals surface area contributed by atoms with E-state index in [9.17, 15) is 0 Å². The first-order valence-electron chi connectivity index (χ1n) is 18.7. The third-order valence-corrected chi connectivity index (χ3v) is 11.8. The molecule has 56 heavy (non-hydrogen) atoms. The highest BCUT2D eigenvalue weighted by Crippen LogP contribution is 2.41. The number of aromatic nitrogens is 3. The quantitative estimate of drug-likeness (QED) is 0.171. The standard InChI is InChI=1S/C51H31N3OS/c1-2-14-32(15-3-1)37-20-4-5-23-43(37)50-52-49(53-51(54-50)44-27-13-26-42-40-22-7-9-29-46(40)56-48(42)44)36-19-11-17-34(31-36)33-16-10-18-35(30-33)38-24-12-25-41-39-21-6-8-28-45(39)55-47(38)41/h1-31H. The maximum absolute atomic E-state index is 6.41. The van der Waals surface area contributed by atoms with Crippen LogP contribution in [0, 0.1) is 0 Å². The highest BCUT2D eigenvalue weighted by molar-refractivity contribution is 7.26. The fourth-order valence-electron chi connectivity index (χ4n) is 7.90. The first kappa shape index (κ1) is 32.2. The van der Waals surface area contributed by atoms with Gasteiger partial charge in [-0.2, -0.15) is 0 Å². The number of fused-ring (bicyclic) bond motifs is 6. The molecule has 0 aliphatic heterocycles. The van der Waals surface area contributed by atoms with Crippen LogP contribution in [0.15, 0.2) is 192 Å². The predicted molar refractivity (Wildman–Crippen MR) is 233 cm³/mol. The number of furan rings is 1. The average molecular weight is 734 g/mol. The second-order valence-electron chi connectivity index (χ2n) is 13.9. The van der Waals surface area contributed by atoms with Crippen molar-refractivity contribution in [2.24, 2.45) is 0 Å². The van der Waals surface area contributed by atoms with E-state index < -0.39 is 0 Å². The summed E-state index contributed by atoms with van der Waals surface area (Å²) in [6, 6.07) is 65.6. The Kier molecular flexibility index (Phi) is 7.64. The lowest BCUT2D eigenvalue weighted by Gasteiger charge is -2.13. The van der Waals surface area contributed by atoms with Gasteiger partial charge in [0.25, 0.3) is 0 Å². The molecular formula is C51H31N3OS. The fourth-order valence-corrected chi connectivity index (χ4v) is 9.11. The molecule has 0 fully saturated rings. The van der Waals surface area contributed by atoms with Crippen molar-refractivity contribution in [3.05, 3.63) is 188 Å². The van der Waals surface area contributed by atoms with Crippen molar-refractivity contribution >= 4 is 53.4 Å². The van der Waals surface area contributed by atoms with Gasteiger partial charge in [-0.25, -0.2) is 15.0 Å². The van der Waals surface area contributed by atoms with Crippen LogP contribution >= 0.6 is 11.3 Å². The molecule has 3 heterocycles. The number of thiophene rings is 1. The van der Waals surface area contributed by atoms with Gasteiger partial charge in [-0.15, -0.1) is 11.3 Å². The topological polar surface area (TPSA) is 51.8 Å². The van der Waals surface area contributed by atoms with Gasteiger partial charge in [0.05, 0.1) is 0 Å². The molecule has 0 spiro atoms. The van der Waals surface area contributed by atoms with Gasteiger partial charge in [0.15, 0.2) is 17.5 Å². The molecule has 0 saturated heterocycles. The summed E-state index contributed by atoms with van der Waals surface area (Å²) in [5.74, 6) is 1.90. The predicted octanol–water partition coefficient (Wildman–Crippen LogP) is 14.1. The zero-order valence-corrected chi connectivity index (χ0v) is 30.9. The minimum atomic E-state index is 0.621. The lowest BCUT2D eigenvalue weighted by atomic mass is 9.96. The monoisotopic (exact) mass is 733 g/mol. The molecule has 0 aliphatic carbocycles. The molecule has 0 aliphatic rings. The van der Waals surface area contributed by atoms with Crippen LogP contribution in [0.1, 0.15) is 0 Å². The Morgan fingerprint density at radius 2 is 0.875 bits per heavy atom. The van der Waals surface area contributed by atoms with Crippen LogP contribution in [0.3, 0.4) is 0 Å². The van der Waals surface area contributed by atoms with Crippen molar-refractivity contribution < 1.29 is 4.42 Å². The van der Waals surface area contributed by atoms with Crippen LogP contribution in [0.25, 0.3) is 110 Å². The van der Waals surface area contributed by atoms with Gasteiger partial charge in [0.2, 0.25) is 0 Å². The Morgan fingerprint density at radius 3 is 1.71 bits per heavy atom. The molecule has 262 valence electrons. The van der Waals surface area contributed by atoms with Crippen LogP contribution in [0.5, 0.6) is 0 Å². The summed E-state index contributed by atoms with van der Waals surface area (Å²) in [5, 5.41) is 4.69. The maximum Gasteiger partial charge on any atom is 0.165 e. The number of para-hydroxylation sites is 2. The minimum absolute atomic E-state index is 0.621. The zero-order valence-electron chi connectivity index (χ0n) is 30.1. The van der Waals surface area contributed by atoms with Crippen molar-refractivity contribution in [1.82, 2.24) is 15.0 Å². The van der Waals surface area contributed by atoms with Gasteiger partial charge in [0, 0.05) is 53.2 Å². The molecule has 0 unspecified atom stereocenters. The van der Waals surface area contributed by atoms with Crippen molar-refractivity contribution in [2.75, 3.05) is 0 Å². The molecule has 0 atom stereocenters. The second-order valence-corrected chi connectivity index (χ2v) is 15.0. The van der Waals surface area contributed by atoms with E-state index in [1.807, 2.05) is 18.2 Å². The first-order chi connectivity index (χ1) is 27.7. The van der Waals surface area contributed by atoms with E-state index in [2.05, 4.69) is 170 Å². The van der Waals surface area contributed by atoms with E-state index >= 15 is 0 Å². The number of nitrogens with zero attached hydrogens (tertiary/aromatic N) is 3. The molecule has 8 aromatic carbocycles. The maximum atomic E-state index is 6.41. The molecule has 5 heteroatoms. The van der Waals surface area contributed by atoms with E-state index in [4.69, 9.17) is 19.4 Å². The molecular weight excluding hydrogens is 703 g/mol. The average Bonchev–Trinajstić information content (AvgIpc) is 3.85. The third-order valence-electron chi connectivity index (χ3n) is 10.6. The van der Waals surface area contributed by atoms with Gasteiger partial charge in [-0.1, -0.05) is 158 Å². The molecule has 0 N–H and O–H groups in total. The Morgan fingerprint density at radius 1 is 0.339 bits per heavy atom. The number of hydrogen-bond donors (Lipinski definition) is 0. The SMILES string of the molecule is c1ccc(-c2ccccc2-c2nc(-c3cccc(-c4cccc(-c5cccc6c5oc5ccccc56)c4)c3)nc(-c3cccc4c3sc3ccccc34)n2)cc1. The van der Waals surface area contributed by atoms with Crippen molar-refractivity contribution in [1.29, 1.82) is 0 Å². The van der Waals surface area contributed by atoms with Gasteiger partial charge < -0.3 is 4.42 Å². The zero-order chi connectivity index (χ0) is 37.0. The minimum Gasteiger partial charge on any atom is -0.455 e. The Labute approximate surface area is 327 Å². The van der Waals surface area contributed by atoms with Crippen LogP contribution < -0.4 is 0 Å². The van der Waals surface area contributed by atoms with Gasteiger partial charge >= 0.3 is 0 Å². The molecule has 0 saturated carbocycles. The van der Waals surface area contributed by atoms with Crippen LogP contribution in [-0.2, 0) is 0 Å². The summed E-state index contributed by atoms with van der Waals surface area (Å²) in [6.07, 6.45) is 0. The van der Waals surface area contributed by atoms with E-state index in [0.717, 1.165) is 76.7 Å². The van der Waals surface area contributed by atoms with E-state index in [0.29, 0.717) is 17.5 Å². The lowest BCUT2D eigenvalue weighted by Crippen LogP contribution is -2.01. The van der Waals surface area contributed by atoms with E-state index in [-0.39, 0.29) is 0 Å². The summed E-state index contributed by atoms with van der Waals surface area (Å²) >= 11 is 1.78. The molecule has 3 aromatic heterocycles. The van der Waals surface area contributed by atoms with Crippen molar-refractivity contribution in [3.63, 3.8) is 0 Å². The van der Waals surface area contributed by atoms with Gasteiger partial charge in [0.1, 0.15) is 11.2 Å². The molecule has 11 aromatic rings. The summed E-state index contributed by atoms with van der Waals surface area (Å²) in [7, 11) is 0. The number of rotatable bonds is 6. The summed E-state index contributed by atoms with van der Waals surface area (Å²) < 4.78 is 8.82. The summed E-state index contributed by atoms with van der Waals surface area (Å²) in [4.78, 5) is 15.7. The highest BCUT2D eigenvalue weighted by Gasteiger charge is 2.19. The lowest BCUT2D eigenvalue weighted by molar-refractivity contribution is 0.670. The highest BCUT2D eigenvalue weighted by atomic mass is 32.1. The van der Waals surface area contributed by atoms with Crippen molar-refractivity contribution in [2.45, 2.75) is 0 Å². The molecule has 0 radical (unpaired) electrons. The Balaban J connectivity index is 1.07. The first-order valence-corrected chi connectivity index (χ1v) is 19.5. The molecule has 0 amide bonds. The van der Waals surface area contributed by atoms with Crippen molar-refractivity contribution in [3.8, 4) is 67.5 Å². The normalized spacial score (nSPS) is 11.6. The second kappa shape index (κ2) is 13.3. The molecule has 11 rings (SSSR count). The van der Waals surface area contributed by atoms with Crippen LogP contribution in [-0.4, -0.2) is 15.0 Å². The Bertz CT molecular complexity index is 3270. The van der Waals surface area contributed by atoms with E-state index in [1.54, 1.807) is 11.3 Å². The Hall–Kier alpha value is -7.21. The van der Waals surface area contributed by atoms with Crippen LogP contribution in [0.4, 0.5) is 0 Å². The smallest absolute Gasteiger partial charge is 0.165 e. The fraction of sp³-hybridized carbons (Fsp3) is 0. The summed E-state index contributed by atoms with van der Waals surface area (Å²) in [6.45, 7) is 0.